The lowest BCUT2D eigenvalue weighted by atomic mass is 10.2. The second-order valence-corrected chi connectivity index (χ2v) is 9.83. The zero-order valence-corrected chi connectivity index (χ0v) is 22.5. The minimum atomic E-state index is -4.33. The number of nitrogens with zero attached hydrogens (tertiary/aromatic N) is 2. The smallest absolute Gasteiger partial charge is 0.265 e. The number of hydrazone groups is 1. The van der Waals surface area contributed by atoms with Gasteiger partial charge < -0.3 is 28.4 Å². The van der Waals surface area contributed by atoms with Crippen molar-refractivity contribution in [3.8, 4) is 34.5 Å². The molecule has 3 aromatic rings. The summed E-state index contributed by atoms with van der Waals surface area (Å²) in [6.45, 7) is -0.497. The van der Waals surface area contributed by atoms with E-state index in [0.717, 1.165) is 4.31 Å². The molecule has 1 amide bonds. The van der Waals surface area contributed by atoms with Crippen LogP contribution >= 0.6 is 0 Å². The number of hydrogen-bond donors (Lipinski definition) is 1. The van der Waals surface area contributed by atoms with Crippen molar-refractivity contribution < 1.29 is 41.6 Å². The first kappa shape index (κ1) is 27.4. The molecule has 1 N–H and O–H groups in total. The first-order chi connectivity index (χ1) is 18.8. The summed E-state index contributed by atoms with van der Waals surface area (Å²) in [5.74, 6) is 1.57. The van der Waals surface area contributed by atoms with Gasteiger partial charge in [-0.1, -0.05) is 0 Å². The van der Waals surface area contributed by atoms with E-state index in [1.807, 2.05) is 0 Å². The number of anilines is 1. The largest absolute Gasteiger partial charge is 0.497 e. The molecule has 1 aliphatic heterocycles. The molecular weight excluding hydrogens is 530 g/mol. The molecule has 0 radical (unpaired) electrons. The van der Waals surface area contributed by atoms with Crippen molar-refractivity contribution in [1.82, 2.24) is 5.43 Å². The van der Waals surface area contributed by atoms with Crippen LogP contribution in [0.3, 0.4) is 0 Å². The minimum Gasteiger partial charge on any atom is -0.497 e. The second-order valence-electron chi connectivity index (χ2n) is 7.97. The SMILES string of the molecule is COc1ccc(OC)c(N(CC(=O)N/N=C\c2ccc3c(c2)OCO3)S(=O)(=O)c2ccc(OC)c(OC)c2)c1. The normalized spacial score (nSPS) is 12.2. The van der Waals surface area contributed by atoms with Crippen LogP contribution in [0.4, 0.5) is 5.69 Å². The van der Waals surface area contributed by atoms with Crippen LogP contribution < -0.4 is 38.2 Å². The number of methoxy groups -OCH3 is 4. The average molecular weight is 558 g/mol. The molecule has 0 aliphatic carbocycles. The second kappa shape index (κ2) is 11.8. The predicted octanol–water partition coefficient (Wildman–Crippen LogP) is 2.80. The van der Waals surface area contributed by atoms with Gasteiger partial charge in [-0.3, -0.25) is 9.10 Å². The Kier molecular flexibility index (Phi) is 8.30. The summed E-state index contributed by atoms with van der Waals surface area (Å²) in [7, 11) is 1.33. The van der Waals surface area contributed by atoms with Crippen LogP contribution in [-0.4, -0.2) is 62.3 Å². The molecule has 1 aliphatic rings. The van der Waals surface area contributed by atoms with Crippen molar-refractivity contribution in [2.45, 2.75) is 4.90 Å². The van der Waals surface area contributed by atoms with E-state index in [-0.39, 0.29) is 28.9 Å². The molecular formula is C26H27N3O9S. The molecule has 12 nitrogen and oxygen atoms in total. The van der Waals surface area contributed by atoms with E-state index in [9.17, 15) is 13.2 Å². The fourth-order valence-corrected chi connectivity index (χ4v) is 5.17. The van der Waals surface area contributed by atoms with Gasteiger partial charge in [-0.25, -0.2) is 13.8 Å². The van der Waals surface area contributed by atoms with Gasteiger partial charge >= 0.3 is 0 Å². The Bertz CT molecular complexity index is 1490. The molecule has 13 heteroatoms. The highest BCUT2D eigenvalue weighted by Gasteiger charge is 2.31. The zero-order chi connectivity index (χ0) is 28.0. The Labute approximate surface area is 225 Å². The number of fused-ring (bicyclic) bond motifs is 1. The van der Waals surface area contributed by atoms with Crippen LogP contribution in [0.1, 0.15) is 5.56 Å². The number of hydrogen-bond acceptors (Lipinski definition) is 10. The molecule has 39 heavy (non-hydrogen) atoms. The summed E-state index contributed by atoms with van der Waals surface area (Å²) in [6.07, 6.45) is 1.40. The quantitative estimate of drug-likeness (QED) is 0.279. The number of amides is 1. The van der Waals surface area contributed by atoms with Gasteiger partial charge in [0.1, 0.15) is 18.0 Å². The molecule has 1 heterocycles. The van der Waals surface area contributed by atoms with Crippen LogP contribution in [-0.2, 0) is 14.8 Å². The van der Waals surface area contributed by atoms with Crippen molar-refractivity contribution in [1.29, 1.82) is 0 Å². The van der Waals surface area contributed by atoms with Gasteiger partial charge in [0.2, 0.25) is 6.79 Å². The first-order valence-corrected chi connectivity index (χ1v) is 12.9. The Morgan fingerprint density at radius 3 is 2.33 bits per heavy atom. The molecule has 206 valence electrons. The number of carbonyl (C=O) groups excluding carboxylic acids is 1. The monoisotopic (exact) mass is 557 g/mol. The summed E-state index contributed by atoms with van der Waals surface area (Å²) < 4.78 is 60.5. The summed E-state index contributed by atoms with van der Waals surface area (Å²) >= 11 is 0. The van der Waals surface area contributed by atoms with Gasteiger partial charge in [-0.05, 0) is 48.0 Å². The van der Waals surface area contributed by atoms with E-state index in [0.29, 0.717) is 28.6 Å². The average Bonchev–Trinajstić information content (AvgIpc) is 3.43. The molecule has 0 saturated carbocycles. The standard InChI is InChI=1S/C26H27N3O9S/c1-33-18-6-9-21(34-2)20(12-18)29(39(31,32)19-7-10-22(35-3)24(13-19)36-4)15-26(30)28-27-14-17-5-8-23-25(11-17)38-16-37-23/h5-14H,15-16H2,1-4H3,(H,28,30)/b27-14-. The predicted molar refractivity (Wildman–Crippen MR) is 142 cm³/mol. The summed E-state index contributed by atoms with van der Waals surface area (Å²) in [4.78, 5) is 12.8. The van der Waals surface area contributed by atoms with Crippen molar-refractivity contribution >= 4 is 27.8 Å². The van der Waals surface area contributed by atoms with E-state index < -0.39 is 22.5 Å². The molecule has 0 aromatic heterocycles. The first-order valence-electron chi connectivity index (χ1n) is 11.5. The zero-order valence-electron chi connectivity index (χ0n) is 21.7. The van der Waals surface area contributed by atoms with Crippen molar-refractivity contribution in [2.24, 2.45) is 5.10 Å². The van der Waals surface area contributed by atoms with E-state index in [1.165, 1.54) is 58.9 Å². The molecule has 0 bridgehead atoms. The van der Waals surface area contributed by atoms with E-state index in [2.05, 4.69) is 10.5 Å². The molecule has 4 rings (SSSR count). The highest BCUT2D eigenvalue weighted by atomic mass is 32.2. The Balaban J connectivity index is 1.65. The third kappa shape index (κ3) is 5.93. The van der Waals surface area contributed by atoms with Gasteiger partial charge in [-0.15, -0.1) is 0 Å². The maximum absolute atomic E-state index is 13.9. The Morgan fingerprint density at radius 1 is 0.897 bits per heavy atom. The third-order valence-electron chi connectivity index (χ3n) is 5.68. The van der Waals surface area contributed by atoms with E-state index in [4.69, 9.17) is 28.4 Å². The van der Waals surface area contributed by atoms with E-state index >= 15 is 0 Å². The molecule has 0 unspecified atom stereocenters. The fourth-order valence-electron chi connectivity index (χ4n) is 3.73. The van der Waals surface area contributed by atoms with Crippen LogP contribution in [0.15, 0.2) is 64.6 Å². The minimum absolute atomic E-state index is 0.0848. The maximum atomic E-state index is 13.9. The molecule has 0 atom stereocenters. The van der Waals surface area contributed by atoms with Gasteiger partial charge in [0.25, 0.3) is 15.9 Å². The number of rotatable bonds is 11. The number of benzene rings is 3. The van der Waals surface area contributed by atoms with Crippen LogP contribution in [0.25, 0.3) is 0 Å². The fraction of sp³-hybridized carbons (Fsp3) is 0.231. The molecule has 0 saturated heterocycles. The topological polar surface area (TPSA) is 134 Å². The summed E-state index contributed by atoms with van der Waals surface area (Å²) in [5, 5.41) is 3.96. The lowest BCUT2D eigenvalue weighted by molar-refractivity contribution is -0.119. The van der Waals surface area contributed by atoms with Crippen molar-refractivity contribution in [3.05, 3.63) is 60.2 Å². The molecule has 0 spiro atoms. The lowest BCUT2D eigenvalue weighted by Crippen LogP contribution is -2.39. The third-order valence-corrected chi connectivity index (χ3v) is 7.44. The van der Waals surface area contributed by atoms with Crippen LogP contribution in [0.5, 0.6) is 34.5 Å². The highest BCUT2D eigenvalue weighted by Crippen LogP contribution is 2.37. The van der Waals surface area contributed by atoms with Crippen LogP contribution in [0.2, 0.25) is 0 Å². The highest BCUT2D eigenvalue weighted by molar-refractivity contribution is 7.92. The number of carbonyl (C=O) groups is 1. The Hall–Kier alpha value is -4.65. The Morgan fingerprint density at radius 2 is 1.62 bits per heavy atom. The lowest BCUT2D eigenvalue weighted by Gasteiger charge is -2.26. The van der Waals surface area contributed by atoms with Crippen molar-refractivity contribution in [3.63, 3.8) is 0 Å². The van der Waals surface area contributed by atoms with Gasteiger partial charge in [0, 0.05) is 12.1 Å². The number of ether oxygens (including phenoxy) is 6. The van der Waals surface area contributed by atoms with Gasteiger partial charge in [0.05, 0.1) is 45.2 Å². The number of sulfonamides is 1. The summed E-state index contributed by atoms with van der Waals surface area (Å²) in [6, 6.07) is 13.9. The molecule has 0 fully saturated rings. The van der Waals surface area contributed by atoms with E-state index in [1.54, 1.807) is 30.3 Å². The summed E-state index contributed by atoms with van der Waals surface area (Å²) in [5.41, 5.74) is 3.09. The van der Waals surface area contributed by atoms with Gasteiger partial charge in [0.15, 0.2) is 23.0 Å². The van der Waals surface area contributed by atoms with Crippen LogP contribution in [0, 0.1) is 0 Å². The maximum Gasteiger partial charge on any atom is 0.265 e. The number of nitrogens with one attached hydrogen (secondary N) is 1. The van der Waals surface area contributed by atoms with Gasteiger partial charge in [-0.2, -0.15) is 5.10 Å². The molecule has 3 aromatic carbocycles. The van der Waals surface area contributed by atoms with Crippen molar-refractivity contribution in [2.75, 3.05) is 46.1 Å².